The Morgan fingerprint density at radius 1 is 1.30 bits per heavy atom. The van der Waals surface area contributed by atoms with Crippen LogP contribution in [0.3, 0.4) is 0 Å². The summed E-state index contributed by atoms with van der Waals surface area (Å²) in [6.45, 7) is 3.10. The number of esters is 1. The third kappa shape index (κ3) is 2.82. The molecule has 0 amide bonds. The first-order valence-electron chi connectivity index (χ1n) is 7.07. The molecule has 0 radical (unpaired) electrons. The Morgan fingerprint density at radius 2 is 1.95 bits per heavy atom. The maximum Gasteiger partial charge on any atom is 0.327 e. The van der Waals surface area contributed by atoms with Crippen molar-refractivity contribution >= 4 is 17.6 Å². The standard InChI is InChI=1S/C15H19ClN2O2/c16-12-3-1-11(2-4-12)14(17)15(19)20-13-9-18-7-5-10(13)6-8-18/h1-4,10,13-14H,5-9,17H2. The summed E-state index contributed by atoms with van der Waals surface area (Å²) in [6.07, 6.45) is 2.24. The number of fused-ring (bicyclic) bond motifs is 3. The van der Waals surface area contributed by atoms with Crippen LogP contribution in [0, 0.1) is 5.92 Å². The van der Waals surface area contributed by atoms with E-state index in [0.29, 0.717) is 10.9 Å². The van der Waals surface area contributed by atoms with Gasteiger partial charge in [-0.2, -0.15) is 0 Å². The molecular formula is C15H19ClN2O2. The number of nitrogens with zero attached hydrogens (tertiary/aromatic N) is 1. The van der Waals surface area contributed by atoms with Crippen LogP contribution in [-0.4, -0.2) is 36.6 Å². The number of piperidine rings is 3. The molecular weight excluding hydrogens is 276 g/mol. The van der Waals surface area contributed by atoms with E-state index >= 15 is 0 Å². The number of ether oxygens (including phenoxy) is 1. The van der Waals surface area contributed by atoms with Gasteiger partial charge in [-0.3, -0.25) is 4.90 Å². The molecule has 3 heterocycles. The number of nitrogens with two attached hydrogens (primary N) is 1. The van der Waals surface area contributed by atoms with Crippen molar-refractivity contribution in [2.24, 2.45) is 11.7 Å². The SMILES string of the molecule is NC(C(=O)OC1CN2CCC1CC2)c1ccc(Cl)cc1. The molecule has 2 atom stereocenters. The van der Waals surface area contributed by atoms with Crippen LogP contribution in [0.2, 0.25) is 5.02 Å². The second-order valence-electron chi connectivity index (χ2n) is 5.64. The van der Waals surface area contributed by atoms with Gasteiger partial charge in [0.15, 0.2) is 0 Å². The highest BCUT2D eigenvalue weighted by Crippen LogP contribution is 2.30. The molecule has 2 bridgehead atoms. The first-order chi connectivity index (χ1) is 9.63. The number of rotatable bonds is 3. The molecule has 3 fully saturated rings. The van der Waals surface area contributed by atoms with E-state index in [0.717, 1.165) is 38.0 Å². The topological polar surface area (TPSA) is 55.6 Å². The number of halogens is 1. The summed E-state index contributed by atoms with van der Waals surface area (Å²) in [5, 5.41) is 0.631. The van der Waals surface area contributed by atoms with Crippen LogP contribution in [0.25, 0.3) is 0 Å². The van der Waals surface area contributed by atoms with Crippen molar-refractivity contribution in [3.63, 3.8) is 0 Å². The summed E-state index contributed by atoms with van der Waals surface area (Å²) in [7, 11) is 0. The lowest BCUT2D eigenvalue weighted by Gasteiger charge is -2.44. The van der Waals surface area contributed by atoms with Crippen molar-refractivity contribution in [1.82, 2.24) is 4.90 Å². The van der Waals surface area contributed by atoms with Gasteiger partial charge >= 0.3 is 5.97 Å². The first-order valence-corrected chi connectivity index (χ1v) is 7.45. The molecule has 20 heavy (non-hydrogen) atoms. The van der Waals surface area contributed by atoms with E-state index in [1.54, 1.807) is 24.3 Å². The second kappa shape index (κ2) is 5.72. The zero-order chi connectivity index (χ0) is 14.1. The molecule has 0 aliphatic carbocycles. The highest BCUT2D eigenvalue weighted by atomic mass is 35.5. The minimum Gasteiger partial charge on any atom is -0.459 e. The molecule has 1 aromatic carbocycles. The van der Waals surface area contributed by atoms with Crippen molar-refractivity contribution in [3.8, 4) is 0 Å². The van der Waals surface area contributed by atoms with Gasteiger partial charge < -0.3 is 10.5 Å². The molecule has 2 N–H and O–H groups in total. The van der Waals surface area contributed by atoms with E-state index in [-0.39, 0.29) is 12.1 Å². The molecule has 3 aliphatic rings. The van der Waals surface area contributed by atoms with Crippen LogP contribution < -0.4 is 5.73 Å². The van der Waals surface area contributed by atoms with Crippen molar-refractivity contribution in [2.75, 3.05) is 19.6 Å². The van der Waals surface area contributed by atoms with E-state index in [9.17, 15) is 4.79 Å². The Morgan fingerprint density at radius 3 is 2.50 bits per heavy atom. The minimum absolute atomic E-state index is 0.00310. The Bertz CT molecular complexity index is 483. The minimum atomic E-state index is -0.734. The Labute approximate surface area is 123 Å². The first kappa shape index (κ1) is 13.9. The lowest BCUT2D eigenvalue weighted by Crippen LogP contribution is -2.52. The largest absolute Gasteiger partial charge is 0.459 e. The van der Waals surface area contributed by atoms with Gasteiger partial charge in [0.1, 0.15) is 12.1 Å². The molecule has 0 saturated carbocycles. The van der Waals surface area contributed by atoms with Gasteiger partial charge in [0.05, 0.1) is 0 Å². The van der Waals surface area contributed by atoms with E-state index in [1.165, 1.54) is 0 Å². The van der Waals surface area contributed by atoms with Gasteiger partial charge in [-0.1, -0.05) is 23.7 Å². The third-order valence-electron chi connectivity index (χ3n) is 4.35. The fourth-order valence-corrected chi connectivity index (χ4v) is 3.20. The van der Waals surface area contributed by atoms with E-state index in [4.69, 9.17) is 22.1 Å². The molecule has 0 spiro atoms. The number of carbonyl (C=O) groups is 1. The summed E-state index contributed by atoms with van der Waals surface area (Å²) in [4.78, 5) is 14.5. The van der Waals surface area contributed by atoms with E-state index in [2.05, 4.69) is 4.90 Å². The van der Waals surface area contributed by atoms with Gasteiger partial charge in [-0.25, -0.2) is 4.79 Å². The summed E-state index contributed by atoms with van der Waals surface area (Å²) in [5.41, 5.74) is 6.71. The lowest BCUT2D eigenvalue weighted by atomic mass is 9.86. The van der Waals surface area contributed by atoms with Crippen molar-refractivity contribution < 1.29 is 9.53 Å². The van der Waals surface area contributed by atoms with Gasteiger partial charge in [0.25, 0.3) is 0 Å². The fourth-order valence-electron chi connectivity index (χ4n) is 3.07. The van der Waals surface area contributed by atoms with E-state index < -0.39 is 6.04 Å². The van der Waals surface area contributed by atoms with Gasteiger partial charge in [-0.05, 0) is 49.5 Å². The monoisotopic (exact) mass is 294 g/mol. The molecule has 3 aliphatic heterocycles. The van der Waals surface area contributed by atoms with Crippen LogP contribution in [0.4, 0.5) is 0 Å². The summed E-state index contributed by atoms with van der Waals surface area (Å²) < 4.78 is 5.63. The normalized spacial score (nSPS) is 30.0. The molecule has 0 aromatic heterocycles. The number of carbonyl (C=O) groups excluding carboxylic acids is 1. The third-order valence-corrected chi connectivity index (χ3v) is 4.60. The van der Waals surface area contributed by atoms with Crippen LogP contribution in [0.5, 0.6) is 0 Å². The lowest BCUT2D eigenvalue weighted by molar-refractivity contribution is -0.160. The quantitative estimate of drug-likeness (QED) is 0.866. The zero-order valence-corrected chi connectivity index (χ0v) is 12.1. The number of hydrogen-bond acceptors (Lipinski definition) is 4. The van der Waals surface area contributed by atoms with Gasteiger partial charge in [-0.15, -0.1) is 0 Å². The van der Waals surface area contributed by atoms with Gasteiger partial charge in [0, 0.05) is 11.6 Å². The van der Waals surface area contributed by atoms with Crippen LogP contribution in [0.15, 0.2) is 24.3 Å². The molecule has 4 rings (SSSR count). The fraction of sp³-hybridized carbons (Fsp3) is 0.533. The summed E-state index contributed by atoms with van der Waals surface area (Å²) >= 11 is 5.83. The molecule has 5 heteroatoms. The average Bonchev–Trinajstić information content (AvgIpc) is 2.48. The second-order valence-corrected chi connectivity index (χ2v) is 6.08. The molecule has 1 aromatic rings. The highest BCUT2D eigenvalue weighted by molar-refractivity contribution is 6.30. The zero-order valence-electron chi connectivity index (χ0n) is 11.3. The smallest absolute Gasteiger partial charge is 0.327 e. The Balaban J connectivity index is 1.62. The summed E-state index contributed by atoms with van der Waals surface area (Å²) in [6, 6.07) is 6.27. The molecule has 3 saturated heterocycles. The maximum absolute atomic E-state index is 12.2. The summed E-state index contributed by atoms with van der Waals surface area (Å²) in [5.74, 6) is 0.160. The molecule has 4 nitrogen and oxygen atoms in total. The van der Waals surface area contributed by atoms with Crippen molar-refractivity contribution in [2.45, 2.75) is 25.0 Å². The van der Waals surface area contributed by atoms with Gasteiger partial charge in [0.2, 0.25) is 0 Å². The van der Waals surface area contributed by atoms with Crippen LogP contribution >= 0.6 is 11.6 Å². The Hall–Kier alpha value is -1.10. The maximum atomic E-state index is 12.2. The highest BCUT2D eigenvalue weighted by Gasteiger charge is 2.37. The molecule has 108 valence electrons. The average molecular weight is 295 g/mol. The Kier molecular flexibility index (Phi) is 3.96. The van der Waals surface area contributed by atoms with Crippen LogP contribution in [0.1, 0.15) is 24.4 Å². The number of benzene rings is 1. The van der Waals surface area contributed by atoms with Crippen molar-refractivity contribution in [3.05, 3.63) is 34.9 Å². The van der Waals surface area contributed by atoms with Crippen molar-refractivity contribution in [1.29, 1.82) is 0 Å². The number of hydrogen-bond donors (Lipinski definition) is 1. The molecule has 2 unspecified atom stereocenters. The predicted octanol–water partition coefficient (Wildman–Crippen LogP) is 1.98. The van der Waals surface area contributed by atoms with Crippen LogP contribution in [-0.2, 0) is 9.53 Å². The predicted molar refractivity (Wildman–Crippen MR) is 77.4 cm³/mol. The van der Waals surface area contributed by atoms with E-state index in [1.807, 2.05) is 0 Å².